The predicted molar refractivity (Wildman–Crippen MR) is 84.9 cm³/mol. The van der Waals surface area contributed by atoms with Crippen LogP contribution in [-0.2, 0) is 0 Å². The Balaban J connectivity index is 2.13. The summed E-state index contributed by atoms with van der Waals surface area (Å²) in [6.07, 6.45) is 1.36. The standard InChI is InChI=1S/C14H18N6O2/c1-20(2)13-11(15)12(16-8-17-13)18-19-14(21)9-6-4-5-7-10(9)22-3/h4-8H,15H2,1-3H3,(H,19,21)(H,16,17,18). The highest BCUT2D eigenvalue weighted by Gasteiger charge is 2.13. The van der Waals surface area contributed by atoms with E-state index in [0.717, 1.165) is 0 Å². The van der Waals surface area contributed by atoms with E-state index >= 15 is 0 Å². The molecule has 0 spiro atoms. The van der Waals surface area contributed by atoms with Crippen molar-refractivity contribution in [3.63, 3.8) is 0 Å². The molecule has 0 fully saturated rings. The number of carbonyl (C=O) groups excluding carboxylic acids is 1. The lowest BCUT2D eigenvalue weighted by molar-refractivity contribution is 0.0959. The number of benzene rings is 1. The van der Waals surface area contributed by atoms with Gasteiger partial charge in [0.05, 0.1) is 12.7 Å². The van der Waals surface area contributed by atoms with Crippen LogP contribution in [0.1, 0.15) is 10.4 Å². The third-order valence-corrected chi connectivity index (χ3v) is 2.93. The number of nitrogens with zero attached hydrogens (tertiary/aromatic N) is 3. The highest BCUT2D eigenvalue weighted by Crippen LogP contribution is 2.23. The number of ether oxygens (including phenoxy) is 1. The Hall–Kier alpha value is -3.03. The molecule has 1 aromatic heterocycles. The number of anilines is 3. The van der Waals surface area contributed by atoms with E-state index in [1.54, 1.807) is 29.2 Å². The molecule has 0 saturated carbocycles. The van der Waals surface area contributed by atoms with Gasteiger partial charge in [-0.2, -0.15) is 0 Å². The summed E-state index contributed by atoms with van der Waals surface area (Å²) >= 11 is 0. The molecule has 1 heterocycles. The fourth-order valence-corrected chi connectivity index (χ4v) is 1.86. The molecule has 0 atom stereocenters. The molecule has 0 saturated heterocycles. The first-order valence-electron chi connectivity index (χ1n) is 6.51. The summed E-state index contributed by atoms with van der Waals surface area (Å²) in [7, 11) is 5.14. The quantitative estimate of drug-likeness (QED) is 0.704. The fraction of sp³-hybridized carbons (Fsp3) is 0.214. The number of nitrogens with one attached hydrogen (secondary N) is 2. The van der Waals surface area contributed by atoms with Gasteiger partial charge in [-0.05, 0) is 12.1 Å². The molecule has 0 unspecified atom stereocenters. The predicted octanol–water partition coefficient (Wildman–Crippen LogP) is 0.890. The van der Waals surface area contributed by atoms with Crippen molar-refractivity contribution in [1.29, 1.82) is 0 Å². The maximum Gasteiger partial charge on any atom is 0.273 e. The molecule has 2 rings (SSSR count). The van der Waals surface area contributed by atoms with Crippen LogP contribution in [0.25, 0.3) is 0 Å². The van der Waals surface area contributed by atoms with E-state index in [0.29, 0.717) is 28.6 Å². The summed E-state index contributed by atoms with van der Waals surface area (Å²) in [4.78, 5) is 22.0. The smallest absolute Gasteiger partial charge is 0.273 e. The number of carbonyl (C=O) groups is 1. The highest BCUT2D eigenvalue weighted by atomic mass is 16.5. The Labute approximate surface area is 128 Å². The number of amides is 1. The Morgan fingerprint density at radius 3 is 2.68 bits per heavy atom. The van der Waals surface area contributed by atoms with Crippen LogP contribution in [0, 0.1) is 0 Å². The minimum absolute atomic E-state index is 0.321. The topological polar surface area (TPSA) is 105 Å². The molecule has 2 aromatic rings. The zero-order valence-corrected chi connectivity index (χ0v) is 12.6. The first-order valence-corrected chi connectivity index (χ1v) is 6.51. The van der Waals surface area contributed by atoms with Gasteiger partial charge < -0.3 is 15.4 Å². The zero-order chi connectivity index (χ0) is 16.1. The summed E-state index contributed by atoms with van der Waals surface area (Å²) in [5.41, 5.74) is 11.9. The van der Waals surface area contributed by atoms with E-state index < -0.39 is 0 Å². The van der Waals surface area contributed by atoms with Gasteiger partial charge >= 0.3 is 0 Å². The summed E-state index contributed by atoms with van der Waals surface area (Å²) in [6, 6.07) is 6.90. The van der Waals surface area contributed by atoms with E-state index in [9.17, 15) is 4.79 Å². The number of nitrogens with two attached hydrogens (primary N) is 1. The van der Waals surface area contributed by atoms with Crippen molar-refractivity contribution in [2.24, 2.45) is 0 Å². The van der Waals surface area contributed by atoms with Gasteiger partial charge in [-0.15, -0.1) is 0 Å². The van der Waals surface area contributed by atoms with Crippen LogP contribution in [0.4, 0.5) is 17.3 Å². The minimum Gasteiger partial charge on any atom is -0.496 e. The van der Waals surface area contributed by atoms with Crippen LogP contribution in [0.2, 0.25) is 0 Å². The van der Waals surface area contributed by atoms with Crippen LogP contribution in [0.15, 0.2) is 30.6 Å². The molecule has 22 heavy (non-hydrogen) atoms. The van der Waals surface area contributed by atoms with Crippen molar-refractivity contribution in [2.75, 3.05) is 37.3 Å². The molecule has 1 amide bonds. The molecule has 1 aromatic carbocycles. The van der Waals surface area contributed by atoms with Crippen molar-refractivity contribution in [1.82, 2.24) is 15.4 Å². The monoisotopic (exact) mass is 302 g/mol. The molecular formula is C14H18N6O2. The Morgan fingerprint density at radius 1 is 1.27 bits per heavy atom. The minimum atomic E-state index is -0.359. The number of hydrazine groups is 1. The van der Waals surface area contributed by atoms with Gasteiger partial charge in [0, 0.05) is 14.1 Å². The molecule has 8 nitrogen and oxygen atoms in total. The van der Waals surface area contributed by atoms with Crippen molar-refractivity contribution in [3.8, 4) is 5.75 Å². The zero-order valence-electron chi connectivity index (χ0n) is 12.6. The normalized spacial score (nSPS) is 9.95. The molecular weight excluding hydrogens is 284 g/mol. The molecule has 4 N–H and O–H groups in total. The van der Waals surface area contributed by atoms with Gasteiger partial charge in [-0.1, -0.05) is 12.1 Å². The average molecular weight is 302 g/mol. The molecule has 0 aliphatic rings. The van der Waals surface area contributed by atoms with Gasteiger partial charge in [0.25, 0.3) is 5.91 Å². The van der Waals surface area contributed by atoms with Crippen LogP contribution in [-0.4, -0.2) is 37.1 Å². The Morgan fingerprint density at radius 2 is 2.00 bits per heavy atom. The van der Waals surface area contributed by atoms with Crippen molar-refractivity contribution < 1.29 is 9.53 Å². The number of hydrogen-bond acceptors (Lipinski definition) is 7. The average Bonchev–Trinajstić information content (AvgIpc) is 2.53. The first-order chi connectivity index (χ1) is 10.5. The van der Waals surface area contributed by atoms with Gasteiger partial charge in [0.2, 0.25) is 0 Å². The van der Waals surface area contributed by atoms with Crippen molar-refractivity contribution in [2.45, 2.75) is 0 Å². The number of para-hydroxylation sites is 1. The molecule has 0 aliphatic heterocycles. The number of rotatable bonds is 5. The second kappa shape index (κ2) is 6.61. The third kappa shape index (κ3) is 3.17. The van der Waals surface area contributed by atoms with Crippen LogP contribution in [0.5, 0.6) is 5.75 Å². The van der Waals surface area contributed by atoms with Gasteiger partial charge in [-0.25, -0.2) is 9.97 Å². The molecule has 0 bridgehead atoms. The lowest BCUT2D eigenvalue weighted by Crippen LogP contribution is -2.31. The maximum absolute atomic E-state index is 12.2. The van der Waals surface area contributed by atoms with E-state index in [-0.39, 0.29) is 5.91 Å². The van der Waals surface area contributed by atoms with Crippen LogP contribution in [0.3, 0.4) is 0 Å². The van der Waals surface area contributed by atoms with E-state index in [1.807, 2.05) is 14.1 Å². The number of nitrogen functional groups attached to an aromatic ring is 1. The Kier molecular flexibility index (Phi) is 4.62. The molecule has 0 aliphatic carbocycles. The number of hydrogen-bond donors (Lipinski definition) is 3. The first kappa shape index (κ1) is 15.4. The number of methoxy groups -OCH3 is 1. The fourth-order valence-electron chi connectivity index (χ4n) is 1.86. The SMILES string of the molecule is COc1ccccc1C(=O)NNc1ncnc(N(C)C)c1N. The molecule has 0 radical (unpaired) electrons. The van der Waals surface area contributed by atoms with Crippen molar-refractivity contribution in [3.05, 3.63) is 36.2 Å². The van der Waals surface area contributed by atoms with Crippen LogP contribution >= 0.6 is 0 Å². The summed E-state index contributed by atoms with van der Waals surface area (Å²) in [6.45, 7) is 0. The van der Waals surface area contributed by atoms with Gasteiger partial charge in [0.15, 0.2) is 11.6 Å². The largest absolute Gasteiger partial charge is 0.496 e. The summed E-state index contributed by atoms with van der Waals surface area (Å²) < 4.78 is 5.15. The summed E-state index contributed by atoms with van der Waals surface area (Å²) in [5, 5.41) is 0. The second-order valence-electron chi connectivity index (χ2n) is 4.63. The van der Waals surface area contributed by atoms with E-state index in [4.69, 9.17) is 10.5 Å². The highest BCUT2D eigenvalue weighted by molar-refractivity contribution is 5.97. The molecule has 116 valence electrons. The Bertz CT molecular complexity index is 674. The van der Waals surface area contributed by atoms with Gasteiger partial charge in [-0.3, -0.25) is 15.6 Å². The van der Waals surface area contributed by atoms with E-state index in [1.165, 1.54) is 13.4 Å². The lowest BCUT2D eigenvalue weighted by atomic mass is 10.2. The lowest BCUT2D eigenvalue weighted by Gasteiger charge is -2.16. The molecule has 8 heteroatoms. The van der Waals surface area contributed by atoms with E-state index in [2.05, 4.69) is 20.8 Å². The maximum atomic E-state index is 12.2. The van der Waals surface area contributed by atoms with Crippen molar-refractivity contribution >= 4 is 23.2 Å². The van der Waals surface area contributed by atoms with Crippen LogP contribution < -0.4 is 26.2 Å². The number of aromatic nitrogens is 2. The van der Waals surface area contributed by atoms with Gasteiger partial charge in [0.1, 0.15) is 17.8 Å². The summed E-state index contributed by atoms with van der Waals surface area (Å²) in [5.74, 6) is 0.999. The second-order valence-corrected chi connectivity index (χ2v) is 4.63. The third-order valence-electron chi connectivity index (χ3n) is 2.93.